The predicted molar refractivity (Wildman–Crippen MR) is 339 cm³/mol. The molecule has 12 aromatic carbocycles. The lowest BCUT2D eigenvalue weighted by atomic mass is 10.0. The Bertz CT molecular complexity index is 5360. The molecule has 0 radical (unpaired) electrons. The minimum atomic E-state index is 0.531. The van der Waals surface area contributed by atoms with Crippen LogP contribution in [0, 0.1) is 0 Å². The number of para-hydroxylation sites is 6. The van der Waals surface area contributed by atoms with E-state index in [2.05, 4.69) is 220 Å². The van der Waals surface area contributed by atoms with Crippen LogP contribution in [0.4, 0.5) is 0 Å². The molecule has 0 saturated carbocycles. The van der Waals surface area contributed by atoms with E-state index < -0.39 is 0 Å². The summed E-state index contributed by atoms with van der Waals surface area (Å²) in [6, 6.07) is 94.6. The van der Waals surface area contributed by atoms with Gasteiger partial charge < -0.3 is 18.0 Å². The molecule has 0 saturated heterocycles. The molecule has 0 aliphatic heterocycles. The molecule has 0 amide bonds. The second kappa shape index (κ2) is 17.6. The van der Waals surface area contributed by atoms with Crippen LogP contribution in [0.15, 0.2) is 276 Å². The van der Waals surface area contributed by atoms with Crippen LogP contribution in [-0.2, 0) is 0 Å². The van der Waals surface area contributed by atoms with Crippen molar-refractivity contribution in [2.75, 3.05) is 0 Å². The molecule has 0 unspecified atom stereocenters. The molecule has 0 N–H and O–H groups in total. The summed E-state index contributed by atoms with van der Waals surface area (Å²) in [4.78, 5) is 16.0. The fourth-order valence-electron chi connectivity index (χ4n) is 13.2. The summed E-state index contributed by atoms with van der Waals surface area (Å²) >= 11 is 0. The van der Waals surface area contributed by atoms with E-state index in [9.17, 15) is 0 Å². The van der Waals surface area contributed by atoms with Crippen molar-refractivity contribution >= 4 is 109 Å². The summed E-state index contributed by atoms with van der Waals surface area (Å²) < 4.78 is 20.3. The number of hydrogen-bond donors (Lipinski definition) is 0. The molecule has 0 aliphatic rings. The van der Waals surface area contributed by atoms with Crippen LogP contribution in [0.25, 0.3) is 172 Å². The third kappa shape index (κ3) is 6.84. The number of nitrogens with zero attached hydrogens (tertiary/aromatic N) is 6. The van der Waals surface area contributed by atoms with Gasteiger partial charge in [-0.25, -0.2) is 4.98 Å². The van der Waals surface area contributed by atoms with E-state index in [1.807, 2.05) is 60.7 Å². The van der Waals surface area contributed by atoms with Crippen LogP contribution < -0.4 is 0 Å². The summed E-state index contributed by atoms with van der Waals surface area (Å²) in [5, 5.41) is 11.0. The molecule has 0 spiro atoms. The summed E-state index contributed by atoms with van der Waals surface area (Å²) in [7, 11) is 0. The topological polar surface area (TPSA) is 79.7 Å². The second-order valence-electron chi connectivity index (χ2n) is 21.5. The third-order valence-electron chi connectivity index (χ3n) is 16.9. The molecular weight excluding hydrogens is 1020 g/mol. The smallest absolute Gasteiger partial charge is 0.238 e. The molecule has 8 heteroatoms. The molecule has 83 heavy (non-hydrogen) atoms. The van der Waals surface area contributed by atoms with Gasteiger partial charge in [-0.2, -0.15) is 9.97 Å². The van der Waals surface area contributed by atoms with Gasteiger partial charge in [0, 0.05) is 87.5 Å². The van der Waals surface area contributed by atoms with Gasteiger partial charge in [0.05, 0.1) is 33.1 Å². The van der Waals surface area contributed by atoms with E-state index in [4.69, 9.17) is 23.8 Å². The number of aromatic nitrogens is 6. The largest absolute Gasteiger partial charge is 0.455 e. The van der Waals surface area contributed by atoms with Crippen molar-refractivity contribution in [3.8, 4) is 62.4 Å². The van der Waals surface area contributed by atoms with Crippen LogP contribution >= 0.6 is 0 Å². The minimum Gasteiger partial charge on any atom is -0.455 e. The molecule has 6 heterocycles. The molecule has 0 atom stereocenters. The molecule has 386 valence electrons. The van der Waals surface area contributed by atoms with Crippen LogP contribution in [0.5, 0.6) is 0 Å². The Hall–Kier alpha value is -11.4. The van der Waals surface area contributed by atoms with Crippen molar-refractivity contribution < 1.29 is 8.83 Å². The van der Waals surface area contributed by atoms with Gasteiger partial charge in [0.25, 0.3) is 0 Å². The molecule has 8 nitrogen and oxygen atoms in total. The summed E-state index contributed by atoms with van der Waals surface area (Å²) in [6.45, 7) is 0. The highest BCUT2D eigenvalue weighted by Crippen LogP contribution is 2.45. The van der Waals surface area contributed by atoms with Crippen LogP contribution in [0.3, 0.4) is 0 Å². The number of furan rings is 2. The lowest BCUT2D eigenvalue weighted by Gasteiger charge is -2.12. The van der Waals surface area contributed by atoms with Gasteiger partial charge in [0.1, 0.15) is 22.3 Å². The average molecular weight is 1060 g/mol. The predicted octanol–water partition coefficient (Wildman–Crippen LogP) is 19.6. The molecule has 0 bridgehead atoms. The molecule has 6 aromatic heterocycles. The Morgan fingerprint density at radius 3 is 1.07 bits per heavy atom. The van der Waals surface area contributed by atoms with Crippen molar-refractivity contribution in [1.82, 2.24) is 28.7 Å². The first-order chi connectivity index (χ1) is 41.1. The summed E-state index contributed by atoms with van der Waals surface area (Å²) in [5.74, 6) is 1.72. The Kier molecular flexibility index (Phi) is 9.64. The van der Waals surface area contributed by atoms with Crippen molar-refractivity contribution in [3.63, 3.8) is 0 Å². The molecular formula is C75H44N6O2. The van der Waals surface area contributed by atoms with E-state index in [0.29, 0.717) is 17.6 Å². The van der Waals surface area contributed by atoms with Crippen LogP contribution in [-0.4, -0.2) is 28.7 Å². The van der Waals surface area contributed by atoms with Crippen molar-refractivity contribution in [2.24, 2.45) is 0 Å². The highest BCUT2D eigenvalue weighted by Gasteiger charge is 2.25. The summed E-state index contributed by atoms with van der Waals surface area (Å²) in [6.07, 6.45) is 0. The van der Waals surface area contributed by atoms with E-state index in [0.717, 1.165) is 154 Å². The van der Waals surface area contributed by atoms with Gasteiger partial charge in [-0.05, 0) is 83.9 Å². The number of rotatable bonds is 7. The van der Waals surface area contributed by atoms with E-state index in [-0.39, 0.29) is 0 Å². The SMILES string of the molecule is c1ccc(-c2nc(-c3ccccc3)nc(-n3c4cc5c6ccccc6n(-c6cccc(-c7cccc8c7oc7ccccc78)c6)c5cc4c4cc5c(cc43)c3ccccc3n5-c3cccc(-c4cccc5c4oc4ccccc45)c3)n2)cc1. The Morgan fingerprint density at radius 1 is 0.241 bits per heavy atom. The van der Waals surface area contributed by atoms with E-state index in [1.165, 1.54) is 0 Å². The van der Waals surface area contributed by atoms with E-state index in [1.54, 1.807) is 0 Å². The highest BCUT2D eigenvalue weighted by molar-refractivity contribution is 6.23. The highest BCUT2D eigenvalue weighted by atomic mass is 16.3. The monoisotopic (exact) mass is 1060 g/mol. The van der Waals surface area contributed by atoms with Gasteiger partial charge in [-0.1, -0.05) is 194 Å². The number of hydrogen-bond acceptors (Lipinski definition) is 5. The molecule has 18 rings (SSSR count). The molecule has 0 aliphatic carbocycles. The maximum Gasteiger partial charge on any atom is 0.238 e. The van der Waals surface area contributed by atoms with Crippen molar-refractivity contribution in [3.05, 3.63) is 267 Å². The normalized spacial score (nSPS) is 12.1. The second-order valence-corrected chi connectivity index (χ2v) is 21.5. The minimum absolute atomic E-state index is 0.531. The van der Waals surface area contributed by atoms with Gasteiger partial charge in [-0.15, -0.1) is 0 Å². The van der Waals surface area contributed by atoms with Gasteiger partial charge >= 0.3 is 0 Å². The van der Waals surface area contributed by atoms with Gasteiger partial charge in [0.15, 0.2) is 11.6 Å². The Balaban J connectivity index is 0.922. The van der Waals surface area contributed by atoms with E-state index >= 15 is 0 Å². The Morgan fingerprint density at radius 2 is 0.602 bits per heavy atom. The number of benzene rings is 12. The lowest BCUT2D eigenvalue weighted by Crippen LogP contribution is -2.06. The fraction of sp³-hybridized carbons (Fsp3) is 0. The first-order valence-corrected chi connectivity index (χ1v) is 28.0. The zero-order chi connectivity index (χ0) is 54.3. The van der Waals surface area contributed by atoms with Crippen molar-refractivity contribution in [1.29, 1.82) is 0 Å². The zero-order valence-electron chi connectivity index (χ0n) is 44.4. The third-order valence-corrected chi connectivity index (χ3v) is 16.9. The standard InChI is InChI=1S/C75H44N6O2/c1-3-19-45(20-4-1)73-76-74(46-21-5-2-6-22-46)78-75(77-73)81-67-41-59-53-27-7-11-35-63(53)79(49-25-15-23-47(39-49)51-31-17-33-57-55-29-9-13-37-69(55)82-71(51)57)65(59)43-61(67)62-44-66-60(42-68(62)81)54-28-8-12-36-64(54)80(66)50-26-16-24-48(40-50)52-32-18-34-58-56-30-10-14-38-70(56)83-72(52)58/h1-44H. The number of fused-ring (bicyclic) bond motifs is 15. The Labute approximate surface area is 473 Å². The lowest BCUT2D eigenvalue weighted by molar-refractivity contribution is 0.669. The maximum atomic E-state index is 6.61. The zero-order valence-corrected chi connectivity index (χ0v) is 44.4. The summed E-state index contributed by atoms with van der Waals surface area (Å²) in [5.41, 5.74) is 18.0. The van der Waals surface area contributed by atoms with Crippen LogP contribution in [0.2, 0.25) is 0 Å². The first-order valence-electron chi connectivity index (χ1n) is 28.0. The van der Waals surface area contributed by atoms with Gasteiger partial charge in [-0.3, -0.25) is 4.57 Å². The fourth-order valence-corrected chi connectivity index (χ4v) is 13.2. The van der Waals surface area contributed by atoms with Gasteiger partial charge in [0.2, 0.25) is 5.95 Å². The first kappa shape index (κ1) is 45.5. The van der Waals surface area contributed by atoms with Crippen LogP contribution in [0.1, 0.15) is 0 Å². The molecule has 0 fully saturated rings. The molecule has 18 aromatic rings. The quantitative estimate of drug-likeness (QED) is 0.159. The average Bonchev–Trinajstić information content (AvgIpc) is 1.88. The maximum absolute atomic E-state index is 6.61. The van der Waals surface area contributed by atoms with Crippen molar-refractivity contribution in [2.45, 2.75) is 0 Å².